The predicted octanol–water partition coefficient (Wildman–Crippen LogP) is 5.03. The van der Waals surface area contributed by atoms with Crippen LogP contribution >= 0.6 is 0 Å². The molecule has 0 saturated carbocycles. The number of nitrogens with zero attached hydrogens (tertiary/aromatic N) is 5. The number of piperazine rings is 1. The van der Waals surface area contributed by atoms with Crippen LogP contribution in [-0.2, 0) is 27.2 Å². The number of rotatable bonds is 15. The maximum absolute atomic E-state index is 15.1. The standard InChI is InChI=1S/C43H47F7N8O5/c1-42(2,43(48,49)50)38(55-41(61)62-3)39(60)54-35(36(59)22-51-21-32-33(44)17-29(18-34(32)45)30-20-53-58(23-30)40(46)47)16-27-7-4-26(5-8-27)6-9-28-10-11-37(52-19-28)57-14-12-56(13-15-57)31-24-63-25-31/h4-5,7-8,10-11,17-20,23,31,35-36,38,40,51,59H,12-16,21-22,24-25H2,1-3H3,(H,54,60)(H,55,61)/t35-,36-,38+/m0/s1. The summed E-state index contributed by atoms with van der Waals surface area (Å²) in [4.78, 5) is 35.0. The molecule has 2 aliphatic heterocycles. The van der Waals surface area contributed by atoms with E-state index in [1.807, 2.05) is 17.4 Å². The molecule has 2 aromatic carbocycles. The minimum atomic E-state index is -4.98. The minimum Gasteiger partial charge on any atom is -0.453 e. The van der Waals surface area contributed by atoms with Gasteiger partial charge in [-0.25, -0.2) is 23.2 Å². The van der Waals surface area contributed by atoms with Gasteiger partial charge in [-0.3, -0.25) is 9.69 Å². The van der Waals surface area contributed by atoms with Crippen LogP contribution in [0, 0.1) is 28.9 Å². The number of amides is 2. The molecule has 0 aliphatic carbocycles. The van der Waals surface area contributed by atoms with Crippen LogP contribution in [0.15, 0.2) is 67.1 Å². The number of hydrogen-bond donors (Lipinski definition) is 4. The van der Waals surface area contributed by atoms with Crippen molar-refractivity contribution in [3.8, 4) is 23.0 Å². The number of carbonyl (C=O) groups excluding carboxylic acids is 2. The molecule has 0 spiro atoms. The Labute approximate surface area is 358 Å². The molecule has 338 valence electrons. The molecule has 2 fully saturated rings. The first kappa shape index (κ1) is 46.7. The zero-order valence-corrected chi connectivity index (χ0v) is 34.6. The average Bonchev–Trinajstić information content (AvgIpc) is 3.74. The second kappa shape index (κ2) is 20.2. The van der Waals surface area contributed by atoms with Crippen LogP contribution in [-0.4, -0.2) is 120 Å². The van der Waals surface area contributed by atoms with E-state index in [2.05, 4.69) is 47.1 Å². The number of pyridine rings is 1. The molecule has 6 rings (SSSR count). The van der Waals surface area contributed by atoms with Crippen LogP contribution in [0.4, 0.5) is 41.3 Å². The number of carbonyl (C=O) groups is 2. The second-order valence-electron chi connectivity index (χ2n) is 15.8. The first-order valence-corrected chi connectivity index (χ1v) is 20.0. The van der Waals surface area contributed by atoms with Gasteiger partial charge < -0.3 is 35.4 Å². The summed E-state index contributed by atoms with van der Waals surface area (Å²) in [6, 6.07) is 9.32. The van der Waals surface area contributed by atoms with Gasteiger partial charge in [-0.1, -0.05) is 24.0 Å². The van der Waals surface area contributed by atoms with Crippen LogP contribution < -0.4 is 20.9 Å². The second-order valence-corrected chi connectivity index (χ2v) is 15.8. The number of aromatic nitrogens is 3. The maximum Gasteiger partial charge on any atom is 0.407 e. The SMILES string of the molecule is COC(=O)N[C@H](C(=O)N[C@@H](Cc1ccc(C#Cc2ccc(N3CCN(C4COC4)CC3)nc2)cc1)[C@@H](O)CNCc1c(F)cc(-c2cnn(C(F)F)c2)cc1F)C(C)(C)C(F)(F)F. The number of anilines is 1. The lowest BCUT2D eigenvalue weighted by molar-refractivity contribution is -0.220. The van der Waals surface area contributed by atoms with Crippen LogP contribution in [0.25, 0.3) is 11.1 Å². The van der Waals surface area contributed by atoms with Crippen LogP contribution in [0.3, 0.4) is 0 Å². The molecule has 13 nitrogen and oxygen atoms in total. The van der Waals surface area contributed by atoms with Gasteiger partial charge in [-0.15, -0.1) is 0 Å². The summed E-state index contributed by atoms with van der Waals surface area (Å²) < 4.78 is 109. The van der Waals surface area contributed by atoms with E-state index >= 15 is 8.78 Å². The molecule has 4 heterocycles. The van der Waals surface area contributed by atoms with E-state index in [0.717, 1.165) is 90.7 Å². The van der Waals surface area contributed by atoms with E-state index in [1.54, 1.807) is 30.5 Å². The summed E-state index contributed by atoms with van der Waals surface area (Å²) in [7, 11) is 0.917. The number of benzene rings is 2. The van der Waals surface area contributed by atoms with Crippen molar-refractivity contribution in [3.05, 3.63) is 101 Å². The normalized spacial score (nSPS) is 16.4. The molecule has 63 heavy (non-hydrogen) atoms. The van der Waals surface area contributed by atoms with Gasteiger partial charge in [0.15, 0.2) is 0 Å². The zero-order chi connectivity index (χ0) is 45.5. The quantitative estimate of drug-likeness (QED) is 0.0948. The number of aliphatic hydroxyl groups excluding tert-OH is 1. The maximum atomic E-state index is 15.1. The number of nitrogens with one attached hydrogen (secondary N) is 3. The predicted molar refractivity (Wildman–Crippen MR) is 216 cm³/mol. The fraction of sp³-hybridized carbons (Fsp3) is 0.442. The Bertz CT molecular complexity index is 2230. The molecule has 2 aliphatic rings. The largest absolute Gasteiger partial charge is 0.453 e. The van der Waals surface area contributed by atoms with Gasteiger partial charge in [0.05, 0.1) is 50.1 Å². The molecule has 3 atom stereocenters. The van der Waals surface area contributed by atoms with Crippen molar-refractivity contribution in [2.45, 2.75) is 63.8 Å². The van der Waals surface area contributed by atoms with Crippen molar-refractivity contribution in [3.63, 3.8) is 0 Å². The molecule has 20 heteroatoms. The van der Waals surface area contributed by atoms with E-state index in [-0.39, 0.29) is 17.5 Å². The third-order valence-electron chi connectivity index (χ3n) is 11.2. The molecular formula is C43H47F7N8O5. The van der Waals surface area contributed by atoms with Gasteiger partial charge in [0.1, 0.15) is 23.5 Å². The molecule has 2 saturated heterocycles. The first-order valence-electron chi connectivity index (χ1n) is 20.0. The number of alkyl carbamates (subject to hydrolysis) is 1. The molecule has 0 radical (unpaired) electrons. The lowest BCUT2D eigenvalue weighted by atomic mass is 9.82. The van der Waals surface area contributed by atoms with Gasteiger partial charge in [0.2, 0.25) is 5.91 Å². The van der Waals surface area contributed by atoms with Gasteiger partial charge in [0.25, 0.3) is 0 Å². The Kier molecular flexibility index (Phi) is 15.0. The van der Waals surface area contributed by atoms with E-state index in [1.165, 1.54) is 0 Å². The van der Waals surface area contributed by atoms with Crippen molar-refractivity contribution in [2.24, 2.45) is 5.41 Å². The third kappa shape index (κ3) is 11.6. The van der Waals surface area contributed by atoms with Crippen molar-refractivity contribution in [2.75, 3.05) is 57.9 Å². The van der Waals surface area contributed by atoms with Crippen molar-refractivity contribution >= 4 is 17.8 Å². The summed E-state index contributed by atoms with van der Waals surface area (Å²) in [6.07, 6.45) is -4.34. The number of aliphatic hydroxyl groups is 1. The van der Waals surface area contributed by atoms with E-state index in [9.17, 15) is 36.6 Å². The average molecular weight is 889 g/mol. The lowest BCUT2D eigenvalue weighted by Crippen LogP contribution is -2.62. The Morgan fingerprint density at radius 1 is 0.937 bits per heavy atom. The van der Waals surface area contributed by atoms with Crippen LogP contribution in [0.1, 0.15) is 42.7 Å². The van der Waals surface area contributed by atoms with Crippen LogP contribution in [0.5, 0.6) is 0 Å². The highest BCUT2D eigenvalue weighted by Gasteiger charge is 2.56. The van der Waals surface area contributed by atoms with Gasteiger partial charge in [-0.2, -0.15) is 27.1 Å². The molecule has 2 amide bonds. The highest BCUT2D eigenvalue weighted by atomic mass is 19.4. The highest BCUT2D eigenvalue weighted by Crippen LogP contribution is 2.40. The third-order valence-corrected chi connectivity index (χ3v) is 11.2. The Hall–Kier alpha value is -5.75. The van der Waals surface area contributed by atoms with Gasteiger partial charge in [0, 0.05) is 73.9 Å². The Morgan fingerprint density at radius 3 is 2.14 bits per heavy atom. The molecule has 2 aromatic heterocycles. The van der Waals surface area contributed by atoms with Gasteiger partial charge in [-0.05, 0) is 67.8 Å². The summed E-state index contributed by atoms with van der Waals surface area (Å²) in [6.45, 7) is 2.71. The summed E-state index contributed by atoms with van der Waals surface area (Å²) >= 11 is 0. The molecular weight excluding hydrogens is 842 g/mol. The highest BCUT2D eigenvalue weighted by molar-refractivity contribution is 5.87. The first-order chi connectivity index (χ1) is 29.9. The fourth-order valence-electron chi connectivity index (χ4n) is 7.00. The molecule has 4 N–H and O–H groups in total. The number of hydrogen-bond acceptors (Lipinski definition) is 10. The Balaban J connectivity index is 1.14. The number of halogens is 7. The molecule has 0 unspecified atom stereocenters. The molecule has 4 aromatic rings. The number of alkyl halides is 5. The summed E-state index contributed by atoms with van der Waals surface area (Å²) in [5.41, 5.74) is -1.47. The van der Waals surface area contributed by atoms with E-state index in [0.29, 0.717) is 27.4 Å². The topological polar surface area (TPSA) is 146 Å². The fourth-order valence-corrected chi connectivity index (χ4v) is 7.00. The molecule has 0 bridgehead atoms. The van der Waals surface area contributed by atoms with Crippen molar-refractivity contribution in [1.29, 1.82) is 0 Å². The summed E-state index contributed by atoms with van der Waals surface area (Å²) in [5, 5.41) is 21.9. The van der Waals surface area contributed by atoms with E-state index < -0.39 is 78.6 Å². The zero-order valence-electron chi connectivity index (χ0n) is 34.6. The Morgan fingerprint density at radius 2 is 1.59 bits per heavy atom. The monoisotopic (exact) mass is 888 g/mol. The van der Waals surface area contributed by atoms with Crippen molar-refractivity contribution < 1.29 is 54.9 Å². The smallest absolute Gasteiger partial charge is 0.407 e. The van der Waals surface area contributed by atoms with E-state index in [4.69, 9.17) is 4.74 Å². The summed E-state index contributed by atoms with van der Waals surface area (Å²) in [5.74, 6) is 3.64. The number of ether oxygens (including phenoxy) is 2. The van der Waals surface area contributed by atoms with Crippen molar-refractivity contribution in [1.82, 2.24) is 35.6 Å². The minimum absolute atomic E-state index is 0.0400. The lowest BCUT2D eigenvalue weighted by Gasteiger charge is -2.42. The van der Waals surface area contributed by atoms with Gasteiger partial charge >= 0.3 is 18.8 Å². The number of methoxy groups -OCH3 is 1. The van der Waals surface area contributed by atoms with Crippen LogP contribution in [0.2, 0.25) is 0 Å².